The first-order valence-electron chi connectivity index (χ1n) is 8.36. The van der Waals surface area contributed by atoms with Gasteiger partial charge in [0.2, 0.25) is 0 Å². The molecule has 0 unspecified atom stereocenters. The van der Waals surface area contributed by atoms with Gasteiger partial charge in [-0.2, -0.15) is 0 Å². The van der Waals surface area contributed by atoms with Crippen LogP contribution in [0.15, 0.2) is 36.4 Å². The molecule has 0 spiro atoms. The number of piperidine rings is 1. The Balaban J connectivity index is 1.60. The smallest absolute Gasteiger partial charge is 0.255 e. The van der Waals surface area contributed by atoms with Crippen molar-refractivity contribution in [1.29, 1.82) is 0 Å². The van der Waals surface area contributed by atoms with Gasteiger partial charge < -0.3 is 10.2 Å². The highest BCUT2D eigenvalue weighted by molar-refractivity contribution is 6.33. The van der Waals surface area contributed by atoms with Crippen molar-refractivity contribution >= 4 is 23.4 Å². The molecule has 0 aliphatic carbocycles. The number of carbonyl (C=O) groups excluding carboxylic acids is 2. The zero-order valence-corrected chi connectivity index (χ0v) is 14.9. The van der Waals surface area contributed by atoms with Gasteiger partial charge in [0.25, 0.3) is 11.8 Å². The first-order chi connectivity index (χ1) is 12.9. The maximum Gasteiger partial charge on any atom is 0.255 e. The van der Waals surface area contributed by atoms with Gasteiger partial charge in [0.1, 0.15) is 0 Å². The van der Waals surface area contributed by atoms with Crippen LogP contribution in [0.3, 0.4) is 0 Å². The van der Waals surface area contributed by atoms with Gasteiger partial charge in [-0.15, -0.1) is 0 Å². The number of hydrogen-bond donors (Lipinski definition) is 1. The van der Waals surface area contributed by atoms with Crippen LogP contribution >= 0.6 is 11.6 Å². The fourth-order valence-corrected chi connectivity index (χ4v) is 3.21. The molecule has 1 N–H and O–H groups in total. The van der Waals surface area contributed by atoms with Crippen molar-refractivity contribution in [2.45, 2.75) is 18.9 Å². The Morgan fingerprint density at radius 1 is 0.963 bits per heavy atom. The van der Waals surface area contributed by atoms with Gasteiger partial charge in [-0.3, -0.25) is 9.59 Å². The Hall–Kier alpha value is -2.54. The summed E-state index contributed by atoms with van der Waals surface area (Å²) in [7, 11) is 0. The van der Waals surface area contributed by atoms with Crippen LogP contribution in [0.4, 0.5) is 13.2 Å². The van der Waals surface area contributed by atoms with E-state index in [4.69, 9.17) is 11.6 Å². The van der Waals surface area contributed by atoms with E-state index in [1.165, 1.54) is 0 Å². The summed E-state index contributed by atoms with van der Waals surface area (Å²) in [4.78, 5) is 26.3. The fourth-order valence-electron chi connectivity index (χ4n) is 3.00. The summed E-state index contributed by atoms with van der Waals surface area (Å²) in [6.07, 6.45) is 0.903. The van der Waals surface area contributed by atoms with Crippen LogP contribution in [0, 0.1) is 17.5 Å². The lowest BCUT2D eigenvalue weighted by Crippen LogP contribution is -2.46. The van der Waals surface area contributed by atoms with Crippen molar-refractivity contribution in [3.63, 3.8) is 0 Å². The van der Waals surface area contributed by atoms with Gasteiger partial charge in [-0.1, -0.05) is 23.7 Å². The van der Waals surface area contributed by atoms with E-state index in [9.17, 15) is 22.8 Å². The van der Waals surface area contributed by atoms with Gasteiger partial charge in [0.05, 0.1) is 16.1 Å². The zero-order valence-electron chi connectivity index (χ0n) is 14.1. The highest BCUT2D eigenvalue weighted by atomic mass is 35.5. The molecule has 2 aromatic carbocycles. The number of nitrogens with one attached hydrogen (secondary N) is 1. The van der Waals surface area contributed by atoms with E-state index in [-0.39, 0.29) is 11.9 Å². The lowest BCUT2D eigenvalue weighted by atomic mass is 10.0. The summed E-state index contributed by atoms with van der Waals surface area (Å²) >= 11 is 6.05. The van der Waals surface area contributed by atoms with Crippen LogP contribution in [0.2, 0.25) is 5.02 Å². The molecule has 1 fully saturated rings. The van der Waals surface area contributed by atoms with Gasteiger partial charge >= 0.3 is 0 Å². The SMILES string of the molecule is O=C(NC1CCN(C(=O)c2ccccc2Cl)CC1)c1ccc(F)c(F)c1F. The number of hydrogen-bond acceptors (Lipinski definition) is 2. The summed E-state index contributed by atoms with van der Waals surface area (Å²) in [6, 6.07) is 8.04. The minimum absolute atomic E-state index is 0.197. The van der Waals surface area contributed by atoms with Crippen LogP contribution in [0.5, 0.6) is 0 Å². The van der Waals surface area contributed by atoms with Crippen molar-refractivity contribution in [3.05, 3.63) is 70.0 Å². The van der Waals surface area contributed by atoms with Crippen LogP contribution in [0.1, 0.15) is 33.6 Å². The average Bonchev–Trinajstić information content (AvgIpc) is 2.66. The lowest BCUT2D eigenvalue weighted by molar-refractivity contribution is 0.0698. The van der Waals surface area contributed by atoms with E-state index >= 15 is 0 Å². The second kappa shape index (κ2) is 8.00. The molecule has 1 heterocycles. The topological polar surface area (TPSA) is 49.4 Å². The molecule has 0 atom stereocenters. The molecule has 0 aromatic heterocycles. The number of amides is 2. The van der Waals surface area contributed by atoms with Crippen LogP contribution < -0.4 is 5.32 Å². The summed E-state index contributed by atoms with van der Waals surface area (Å²) in [5.41, 5.74) is -0.144. The second-order valence-corrected chi connectivity index (χ2v) is 6.65. The highest BCUT2D eigenvalue weighted by Crippen LogP contribution is 2.21. The lowest BCUT2D eigenvalue weighted by Gasteiger charge is -2.32. The molecule has 27 heavy (non-hydrogen) atoms. The number of benzene rings is 2. The summed E-state index contributed by atoms with van der Waals surface area (Å²) in [5, 5.41) is 2.97. The zero-order chi connectivity index (χ0) is 19.6. The quantitative estimate of drug-likeness (QED) is 0.802. The molecular formula is C19H16ClF3N2O2. The summed E-state index contributed by atoms with van der Waals surface area (Å²) in [5.74, 6) is -5.56. The number of halogens is 4. The molecule has 0 bridgehead atoms. The fraction of sp³-hybridized carbons (Fsp3) is 0.263. The standard InChI is InChI=1S/C19H16ClF3N2O2/c20-14-4-2-1-3-12(14)19(27)25-9-7-11(8-10-25)24-18(26)13-5-6-15(21)17(23)16(13)22/h1-6,11H,7-10H2,(H,24,26). The Bertz CT molecular complexity index is 883. The second-order valence-electron chi connectivity index (χ2n) is 6.24. The summed E-state index contributed by atoms with van der Waals surface area (Å²) in [6.45, 7) is 0.768. The number of likely N-dealkylation sites (tertiary alicyclic amines) is 1. The van der Waals surface area contributed by atoms with Crippen LogP contribution in [0.25, 0.3) is 0 Å². The van der Waals surface area contributed by atoms with E-state index in [1.807, 2.05) is 0 Å². The normalized spacial score (nSPS) is 14.9. The van der Waals surface area contributed by atoms with Crippen molar-refractivity contribution in [2.24, 2.45) is 0 Å². The Morgan fingerprint density at radius 2 is 1.63 bits per heavy atom. The molecular weight excluding hydrogens is 381 g/mol. The molecule has 4 nitrogen and oxygen atoms in total. The number of nitrogens with zero attached hydrogens (tertiary/aromatic N) is 1. The Labute approximate surface area is 158 Å². The van der Waals surface area contributed by atoms with Gasteiger partial charge in [-0.25, -0.2) is 13.2 Å². The maximum absolute atomic E-state index is 13.7. The van der Waals surface area contributed by atoms with Gasteiger partial charge in [-0.05, 0) is 37.1 Å². The predicted octanol–water partition coefficient (Wildman–Crippen LogP) is 3.79. The molecule has 2 aromatic rings. The van der Waals surface area contributed by atoms with E-state index in [0.717, 1.165) is 6.07 Å². The molecule has 142 valence electrons. The Morgan fingerprint density at radius 3 is 2.30 bits per heavy atom. The number of carbonyl (C=O) groups is 2. The molecule has 0 saturated carbocycles. The van der Waals surface area contributed by atoms with Crippen molar-refractivity contribution in [3.8, 4) is 0 Å². The third-order valence-corrected chi connectivity index (χ3v) is 4.83. The highest BCUT2D eigenvalue weighted by Gasteiger charge is 2.27. The molecule has 1 saturated heterocycles. The van der Waals surface area contributed by atoms with E-state index < -0.39 is 28.9 Å². The van der Waals surface area contributed by atoms with Crippen molar-refractivity contribution in [2.75, 3.05) is 13.1 Å². The third kappa shape index (κ3) is 4.08. The largest absolute Gasteiger partial charge is 0.349 e. The maximum atomic E-state index is 13.7. The first-order valence-corrected chi connectivity index (χ1v) is 8.74. The molecule has 8 heteroatoms. The number of rotatable bonds is 3. The third-order valence-electron chi connectivity index (χ3n) is 4.50. The monoisotopic (exact) mass is 396 g/mol. The van der Waals surface area contributed by atoms with Crippen molar-refractivity contribution in [1.82, 2.24) is 10.2 Å². The summed E-state index contributed by atoms with van der Waals surface area (Å²) < 4.78 is 40.0. The van der Waals surface area contributed by atoms with E-state index in [2.05, 4.69) is 5.32 Å². The molecule has 2 amide bonds. The predicted molar refractivity (Wildman–Crippen MR) is 94.2 cm³/mol. The molecule has 1 aliphatic rings. The molecule has 1 aliphatic heterocycles. The van der Waals surface area contributed by atoms with Crippen LogP contribution in [-0.2, 0) is 0 Å². The molecule has 0 radical (unpaired) electrons. The Kier molecular flexibility index (Phi) is 5.70. The van der Waals surface area contributed by atoms with Crippen molar-refractivity contribution < 1.29 is 22.8 Å². The minimum Gasteiger partial charge on any atom is -0.349 e. The minimum atomic E-state index is -1.68. The van der Waals surface area contributed by atoms with Gasteiger partial charge in [0, 0.05) is 19.1 Å². The average molecular weight is 397 g/mol. The van der Waals surface area contributed by atoms with E-state index in [1.54, 1.807) is 29.2 Å². The molecule has 3 rings (SSSR count). The van der Waals surface area contributed by atoms with Crippen LogP contribution in [-0.4, -0.2) is 35.8 Å². The van der Waals surface area contributed by atoms with E-state index in [0.29, 0.717) is 42.6 Å². The van der Waals surface area contributed by atoms with Gasteiger partial charge in [0.15, 0.2) is 17.5 Å². The first kappa shape index (κ1) is 19.2.